The average molecular weight is 239 g/mol. The smallest absolute Gasteiger partial charge is 0.289 e. The van der Waals surface area contributed by atoms with Crippen molar-refractivity contribution < 1.29 is 9.66 Å². The second-order valence-corrected chi connectivity index (χ2v) is 3.97. The van der Waals surface area contributed by atoms with Gasteiger partial charge in [-0.15, -0.1) is 0 Å². The average Bonchev–Trinajstić information content (AvgIpc) is 2.60. The molecule has 1 aromatic carbocycles. The Hall–Kier alpha value is -1.80. The fourth-order valence-electron chi connectivity index (χ4n) is 1.79. The van der Waals surface area contributed by atoms with Gasteiger partial charge in [0.25, 0.3) is 5.69 Å². The van der Waals surface area contributed by atoms with E-state index in [0.717, 1.165) is 6.07 Å². The summed E-state index contributed by atoms with van der Waals surface area (Å²) in [5.41, 5.74) is 0.326. The van der Waals surface area contributed by atoms with E-state index >= 15 is 0 Å². The maximum Gasteiger partial charge on any atom is 0.289 e. The highest BCUT2D eigenvalue weighted by atomic mass is 35.5. The van der Waals surface area contributed by atoms with Crippen LogP contribution in [0.15, 0.2) is 6.07 Å². The summed E-state index contributed by atoms with van der Waals surface area (Å²) in [4.78, 5) is 10.2. The molecule has 1 aliphatic heterocycles. The Morgan fingerprint density at radius 1 is 1.75 bits per heavy atom. The van der Waals surface area contributed by atoms with Crippen molar-refractivity contribution in [2.24, 2.45) is 0 Å². The minimum Gasteiger partial charge on any atom is -0.488 e. The van der Waals surface area contributed by atoms with Crippen LogP contribution in [0.4, 0.5) is 5.69 Å². The molecule has 1 heterocycles. The molecule has 0 fully saturated rings. The standard InChI is InChI=1S/C10H7ClN2O3/c1-5-2-6-7(4-12)9(13(14)15)3-8(11)10(6)16-5/h3,5H,2H2,1H3. The van der Waals surface area contributed by atoms with Gasteiger partial charge in [-0.1, -0.05) is 11.6 Å². The van der Waals surface area contributed by atoms with Crippen LogP contribution < -0.4 is 4.74 Å². The Bertz CT molecular complexity index is 522. The molecular formula is C10H7ClN2O3. The quantitative estimate of drug-likeness (QED) is 0.556. The topological polar surface area (TPSA) is 76.2 Å². The van der Waals surface area contributed by atoms with Crippen molar-refractivity contribution in [3.05, 3.63) is 32.3 Å². The number of nitro groups is 1. The van der Waals surface area contributed by atoms with Crippen LogP contribution in [0.2, 0.25) is 5.02 Å². The molecule has 0 radical (unpaired) electrons. The third kappa shape index (κ3) is 1.48. The molecule has 0 saturated carbocycles. The van der Waals surface area contributed by atoms with Gasteiger partial charge in [-0.25, -0.2) is 0 Å². The van der Waals surface area contributed by atoms with E-state index in [4.69, 9.17) is 21.6 Å². The molecule has 0 spiro atoms. The first-order valence-corrected chi connectivity index (χ1v) is 4.99. The fourth-order valence-corrected chi connectivity index (χ4v) is 2.05. The van der Waals surface area contributed by atoms with Gasteiger partial charge in [0.05, 0.1) is 9.95 Å². The van der Waals surface area contributed by atoms with Gasteiger partial charge in [0.15, 0.2) is 0 Å². The molecule has 16 heavy (non-hydrogen) atoms. The molecule has 1 unspecified atom stereocenters. The third-order valence-electron chi connectivity index (χ3n) is 2.43. The largest absolute Gasteiger partial charge is 0.488 e. The molecule has 1 aliphatic rings. The minimum atomic E-state index is -0.603. The Kier molecular flexibility index (Phi) is 2.44. The highest BCUT2D eigenvalue weighted by Crippen LogP contribution is 2.41. The number of benzene rings is 1. The zero-order valence-corrected chi connectivity index (χ0v) is 9.11. The zero-order chi connectivity index (χ0) is 11.9. The van der Waals surface area contributed by atoms with E-state index in [2.05, 4.69) is 0 Å². The van der Waals surface area contributed by atoms with Crippen molar-refractivity contribution in [3.8, 4) is 11.8 Å². The molecule has 0 bridgehead atoms. The highest BCUT2D eigenvalue weighted by Gasteiger charge is 2.31. The van der Waals surface area contributed by atoms with E-state index in [1.165, 1.54) is 0 Å². The van der Waals surface area contributed by atoms with Crippen LogP contribution in [0.1, 0.15) is 18.1 Å². The van der Waals surface area contributed by atoms with Gasteiger partial charge in [0.1, 0.15) is 23.5 Å². The first kappa shape index (κ1) is 10.7. The number of halogens is 1. The van der Waals surface area contributed by atoms with Gasteiger partial charge in [-0.3, -0.25) is 10.1 Å². The molecule has 1 aromatic rings. The molecule has 6 heteroatoms. The summed E-state index contributed by atoms with van der Waals surface area (Å²) in [5, 5.41) is 19.9. The number of nitro benzene ring substituents is 1. The number of ether oxygens (including phenoxy) is 1. The molecule has 0 aromatic heterocycles. The van der Waals surface area contributed by atoms with Crippen LogP contribution in [-0.2, 0) is 6.42 Å². The van der Waals surface area contributed by atoms with E-state index in [0.29, 0.717) is 17.7 Å². The maximum absolute atomic E-state index is 10.8. The fraction of sp³-hybridized carbons (Fsp3) is 0.300. The molecular weight excluding hydrogens is 232 g/mol. The van der Waals surface area contributed by atoms with E-state index < -0.39 is 4.92 Å². The van der Waals surface area contributed by atoms with Crippen LogP contribution >= 0.6 is 11.6 Å². The molecule has 0 amide bonds. The summed E-state index contributed by atoms with van der Waals surface area (Å²) in [6.45, 7) is 1.82. The second kappa shape index (κ2) is 3.65. The molecule has 82 valence electrons. The predicted molar refractivity (Wildman–Crippen MR) is 56.6 cm³/mol. The lowest BCUT2D eigenvalue weighted by molar-refractivity contribution is -0.385. The van der Waals surface area contributed by atoms with Crippen LogP contribution in [0.5, 0.6) is 5.75 Å². The summed E-state index contributed by atoms with van der Waals surface area (Å²) in [5.74, 6) is 0.399. The predicted octanol–water partition coefficient (Wildman–Crippen LogP) is 2.44. The first-order valence-electron chi connectivity index (χ1n) is 4.61. The van der Waals surface area contributed by atoms with E-state index in [1.807, 2.05) is 13.0 Å². The van der Waals surface area contributed by atoms with Crippen molar-refractivity contribution >= 4 is 17.3 Å². The Morgan fingerprint density at radius 2 is 2.44 bits per heavy atom. The monoisotopic (exact) mass is 238 g/mol. The number of nitrogens with zero attached hydrogens (tertiary/aromatic N) is 2. The van der Waals surface area contributed by atoms with E-state index in [9.17, 15) is 10.1 Å². The third-order valence-corrected chi connectivity index (χ3v) is 2.71. The van der Waals surface area contributed by atoms with E-state index in [-0.39, 0.29) is 22.4 Å². The number of rotatable bonds is 1. The summed E-state index contributed by atoms with van der Waals surface area (Å²) < 4.78 is 5.41. The van der Waals surface area contributed by atoms with Crippen LogP contribution in [0, 0.1) is 21.4 Å². The summed E-state index contributed by atoms with van der Waals surface area (Å²) in [7, 11) is 0. The van der Waals surface area contributed by atoms with Crippen LogP contribution in [0.25, 0.3) is 0 Å². The summed E-state index contributed by atoms with van der Waals surface area (Å²) in [6, 6.07) is 3.01. The molecule has 2 rings (SSSR count). The first-order chi connectivity index (χ1) is 7.54. The van der Waals surface area contributed by atoms with Crippen LogP contribution in [0.3, 0.4) is 0 Å². The lowest BCUT2D eigenvalue weighted by Crippen LogP contribution is -2.05. The van der Waals surface area contributed by atoms with Gasteiger partial charge in [0.2, 0.25) is 0 Å². The zero-order valence-electron chi connectivity index (χ0n) is 8.36. The normalized spacial score (nSPS) is 17.4. The molecule has 0 N–H and O–H groups in total. The van der Waals surface area contributed by atoms with Gasteiger partial charge in [0, 0.05) is 18.1 Å². The van der Waals surface area contributed by atoms with Crippen molar-refractivity contribution in [2.75, 3.05) is 0 Å². The maximum atomic E-state index is 10.8. The highest BCUT2D eigenvalue weighted by molar-refractivity contribution is 6.32. The molecule has 0 aliphatic carbocycles. The Morgan fingerprint density at radius 3 is 3.00 bits per heavy atom. The lowest BCUT2D eigenvalue weighted by Gasteiger charge is -2.05. The van der Waals surface area contributed by atoms with Gasteiger partial charge in [-0.2, -0.15) is 5.26 Å². The Labute approximate surface area is 96.3 Å². The SMILES string of the molecule is CC1Cc2c(C#N)c([N+](=O)[O-])cc(Cl)c2O1. The van der Waals surface area contributed by atoms with Crippen LogP contribution in [-0.4, -0.2) is 11.0 Å². The number of hydrogen-bond acceptors (Lipinski definition) is 4. The van der Waals surface area contributed by atoms with Gasteiger partial charge < -0.3 is 4.74 Å². The number of fused-ring (bicyclic) bond motifs is 1. The van der Waals surface area contributed by atoms with Crippen molar-refractivity contribution in [1.82, 2.24) is 0 Å². The number of nitriles is 1. The lowest BCUT2D eigenvalue weighted by atomic mass is 10.0. The van der Waals surface area contributed by atoms with Crippen molar-refractivity contribution in [1.29, 1.82) is 5.26 Å². The summed E-state index contributed by atoms with van der Waals surface area (Å²) >= 11 is 5.87. The second-order valence-electron chi connectivity index (χ2n) is 3.56. The van der Waals surface area contributed by atoms with E-state index in [1.54, 1.807) is 0 Å². The number of hydrogen-bond donors (Lipinski definition) is 0. The molecule has 1 atom stereocenters. The van der Waals surface area contributed by atoms with Crippen molar-refractivity contribution in [2.45, 2.75) is 19.4 Å². The summed E-state index contributed by atoms with van der Waals surface area (Å²) in [6.07, 6.45) is 0.362. The minimum absolute atomic E-state index is 0.0498. The van der Waals surface area contributed by atoms with Gasteiger partial charge >= 0.3 is 0 Å². The molecule has 0 saturated heterocycles. The van der Waals surface area contributed by atoms with Gasteiger partial charge in [-0.05, 0) is 6.92 Å². The Balaban J connectivity index is 2.72. The molecule has 5 nitrogen and oxygen atoms in total. The van der Waals surface area contributed by atoms with Crippen molar-refractivity contribution in [3.63, 3.8) is 0 Å².